The summed E-state index contributed by atoms with van der Waals surface area (Å²) in [5.74, 6) is -1.19. The van der Waals surface area contributed by atoms with Gasteiger partial charge in [-0.1, -0.05) is 35.3 Å². The summed E-state index contributed by atoms with van der Waals surface area (Å²) in [6.45, 7) is 3.66. The van der Waals surface area contributed by atoms with Crippen molar-refractivity contribution in [2.75, 3.05) is 6.54 Å². The largest absolute Gasteiger partial charge is 0.481 e. The maximum Gasteiger partial charge on any atom is 0.308 e. The third-order valence-corrected chi connectivity index (χ3v) is 3.48. The number of aliphatic carboxylic acids is 1. The molecule has 0 bridgehead atoms. The van der Waals surface area contributed by atoms with Crippen LogP contribution in [0.25, 0.3) is 0 Å². The van der Waals surface area contributed by atoms with E-state index in [1.165, 1.54) is 0 Å². The van der Waals surface area contributed by atoms with Gasteiger partial charge in [0.1, 0.15) is 5.75 Å². The van der Waals surface area contributed by atoms with E-state index >= 15 is 0 Å². The molecule has 2 N–H and O–H groups in total. The van der Waals surface area contributed by atoms with Crippen molar-refractivity contribution in [3.63, 3.8) is 0 Å². The fraction of sp³-hybridized carbons (Fsp3) is 0.467. The lowest BCUT2D eigenvalue weighted by Gasteiger charge is -2.17. The van der Waals surface area contributed by atoms with Crippen LogP contribution in [0.2, 0.25) is 0 Å². The van der Waals surface area contributed by atoms with E-state index in [9.17, 15) is 9.59 Å². The Morgan fingerprint density at radius 1 is 1.43 bits per heavy atom. The first-order chi connectivity index (χ1) is 9.93. The van der Waals surface area contributed by atoms with Crippen molar-refractivity contribution in [1.29, 1.82) is 0 Å². The number of carbonyl (C=O) groups excluding carboxylic acids is 1. The van der Waals surface area contributed by atoms with Gasteiger partial charge in [-0.2, -0.15) is 0 Å². The lowest BCUT2D eigenvalue weighted by Crippen LogP contribution is -2.40. The maximum atomic E-state index is 11.9. The number of benzene rings is 1. The van der Waals surface area contributed by atoms with Crippen molar-refractivity contribution >= 4 is 27.8 Å². The summed E-state index contributed by atoms with van der Waals surface area (Å²) in [5, 5.41) is 11.7. The molecule has 0 heterocycles. The third-order valence-electron chi connectivity index (χ3n) is 2.99. The Hall–Kier alpha value is -1.56. The molecular weight excluding hydrogens is 338 g/mol. The van der Waals surface area contributed by atoms with Gasteiger partial charge in [0.2, 0.25) is 0 Å². The van der Waals surface area contributed by atoms with Crippen LogP contribution < -0.4 is 10.1 Å². The minimum atomic E-state index is -0.891. The van der Waals surface area contributed by atoms with Crippen LogP contribution in [-0.4, -0.2) is 29.6 Å². The Kier molecular flexibility index (Phi) is 7.22. The second kappa shape index (κ2) is 8.67. The van der Waals surface area contributed by atoms with E-state index in [1.807, 2.05) is 19.1 Å². The average Bonchev–Trinajstić information content (AvgIpc) is 2.42. The van der Waals surface area contributed by atoms with Crippen molar-refractivity contribution < 1.29 is 19.4 Å². The molecule has 1 rings (SSSR count). The number of amides is 1. The first-order valence-electron chi connectivity index (χ1n) is 6.86. The molecule has 0 radical (unpaired) electrons. The van der Waals surface area contributed by atoms with Crippen molar-refractivity contribution in [3.05, 3.63) is 28.7 Å². The van der Waals surface area contributed by atoms with Gasteiger partial charge >= 0.3 is 5.97 Å². The molecule has 0 aromatic heterocycles. The lowest BCUT2D eigenvalue weighted by molar-refractivity contribution is -0.142. The summed E-state index contributed by atoms with van der Waals surface area (Å²) >= 11 is 3.33. The Labute approximate surface area is 132 Å². The number of hydrogen-bond acceptors (Lipinski definition) is 3. The van der Waals surface area contributed by atoms with Gasteiger partial charge in [-0.25, -0.2) is 0 Å². The van der Waals surface area contributed by atoms with Crippen LogP contribution in [0.15, 0.2) is 28.7 Å². The molecule has 0 aliphatic heterocycles. The summed E-state index contributed by atoms with van der Waals surface area (Å²) < 4.78 is 6.38. The molecule has 0 saturated carbocycles. The topological polar surface area (TPSA) is 75.6 Å². The smallest absolute Gasteiger partial charge is 0.308 e. The van der Waals surface area contributed by atoms with E-state index in [-0.39, 0.29) is 12.5 Å². The van der Waals surface area contributed by atoms with Gasteiger partial charge in [0.15, 0.2) is 6.10 Å². The van der Waals surface area contributed by atoms with Gasteiger partial charge in [-0.05, 0) is 31.5 Å². The van der Waals surface area contributed by atoms with Gasteiger partial charge in [0, 0.05) is 11.0 Å². The van der Waals surface area contributed by atoms with Crippen LogP contribution in [0.3, 0.4) is 0 Å². The molecule has 21 heavy (non-hydrogen) atoms. The summed E-state index contributed by atoms with van der Waals surface area (Å²) in [4.78, 5) is 22.9. The lowest BCUT2D eigenvalue weighted by atomic mass is 10.0. The van der Waals surface area contributed by atoms with Crippen LogP contribution in [0.4, 0.5) is 0 Å². The van der Waals surface area contributed by atoms with E-state index in [2.05, 4.69) is 21.2 Å². The summed E-state index contributed by atoms with van der Waals surface area (Å²) in [6.07, 6.45) is 0.614. The predicted molar refractivity (Wildman–Crippen MR) is 83.3 cm³/mol. The van der Waals surface area contributed by atoms with Gasteiger partial charge in [0.25, 0.3) is 5.91 Å². The number of rotatable bonds is 8. The van der Waals surface area contributed by atoms with Crippen molar-refractivity contribution in [1.82, 2.24) is 5.32 Å². The highest BCUT2D eigenvalue weighted by molar-refractivity contribution is 9.10. The molecule has 5 nitrogen and oxygen atoms in total. The molecule has 1 aromatic carbocycles. The summed E-state index contributed by atoms with van der Waals surface area (Å²) in [6, 6.07) is 7.19. The second-order valence-electron chi connectivity index (χ2n) is 4.79. The van der Waals surface area contributed by atoms with E-state index in [1.54, 1.807) is 19.1 Å². The summed E-state index contributed by atoms with van der Waals surface area (Å²) in [5.41, 5.74) is 0. The van der Waals surface area contributed by atoms with Crippen LogP contribution in [0, 0.1) is 5.92 Å². The second-order valence-corrected chi connectivity index (χ2v) is 5.70. The van der Waals surface area contributed by atoms with E-state index < -0.39 is 18.0 Å². The number of hydrogen-bond donors (Lipinski definition) is 2. The zero-order valence-corrected chi connectivity index (χ0v) is 13.7. The number of halogens is 1. The fourth-order valence-electron chi connectivity index (χ4n) is 1.83. The molecule has 6 heteroatoms. The molecule has 2 unspecified atom stereocenters. The minimum absolute atomic E-state index is 0.119. The summed E-state index contributed by atoms with van der Waals surface area (Å²) in [7, 11) is 0. The molecule has 0 fully saturated rings. The zero-order valence-electron chi connectivity index (χ0n) is 12.1. The van der Waals surface area contributed by atoms with Crippen LogP contribution in [0.5, 0.6) is 5.75 Å². The predicted octanol–water partition coefficient (Wildman–Crippen LogP) is 2.83. The van der Waals surface area contributed by atoms with Crippen molar-refractivity contribution in [2.45, 2.75) is 32.8 Å². The maximum absolute atomic E-state index is 11.9. The molecule has 0 aliphatic carbocycles. The van der Waals surface area contributed by atoms with Crippen molar-refractivity contribution in [3.8, 4) is 5.75 Å². The van der Waals surface area contributed by atoms with Crippen LogP contribution in [0.1, 0.15) is 26.7 Å². The highest BCUT2D eigenvalue weighted by atomic mass is 79.9. The molecule has 1 aromatic rings. The van der Waals surface area contributed by atoms with E-state index in [4.69, 9.17) is 9.84 Å². The third kappa shape index (κ3) is 6.16. The monoisotopic (exact) mass is 357 g/mol. The van der Waals surface area contributed by atoms with E-state index in [0.717, 1.165) is 10.9 Å². The number of nitrogens with one attached hydrogen (secondary N) is 1. The highest BCUT2D eigenvalue weighted by Gasteiger charge is 2.20. The molecule has 0 aliphatic rings. The van der Waals surface area contributed by atoms with Gasteiger partial charge in [-0.3, -0.25) is 9.59 Å². The SMILES string of the molecule is CCCC(CNC(=O)C(C)Oc1cccc(Br)c1)C(=O)O. The number of carboxylic acid groups (broad SMARTS) is 1. The van der Waals surface area contributed by atoms with Gasteiger partial charge in [0.05, 0.1) is 5.92 Å². The molecule has 116 valence electrons. The fourth-order valence-corrected chi connectivity index (χ4v) is 2.21. The highest BCUT2D eigenvalue weighted by Crippen LogP contribution is 2.18. The Balaban J connectivity index is 2.49. The van der Waals surface area contributed by atoms with Crippen molar-refractivity contribution in [2.24, 2.45) is 5.92 Å². The van der Waals surface area contributed by atoms with Gasteiger partial charge < -0.3 is 15.2 Å². The minimum Gasteiger partial charge on any atom is -0.481 e. The standard InChI is InChI=1S/C15H20BrNO4/c1-3-5-11(15(19)20)9-17-14(18)10(2)21-13-7-4-6-12(16)8-13/h4,6-8,10-11H,3,5,9H2,1-2H3,(H,17,18)(H,19,20). The molecule has 1 amide bonds. The molecule has 2 atom stereocenters. The quantitative estimate of drug-likeness (QED) is 0.749. The first kappa shape index (κ1) is 17.5. The molecule has 0 spiro atoms. The Morgan fingerprint density at radius 3 is 2.71 bits per heavy atom. The number of carboxylic acids is 1. The molecular formula is C15H20BrNO4. The average molecular weight is 358 g/mol. The first-order valence-corrected chi connectivity index (χ1v) is 7.66. The number of carbonyl (C=O) groups is 2. The van der Waals surface area contributed by atoms with Gasteiger partial charge in [-0.15, -0.1) is 0 Å². The number of ether oxygens (including phenoxy) is 1. The van der Waals surface area contributed by atoms with Crippen LogP contribution in [-0.2, 0) is 9.59 Å². The Bertz CT molecular complexity index is 492. The normalized spacial score (nSPS) is 13.3. The van der Waals surface area contributed by atoms with E-state index in [0.29, 0.717) is 12.2 Å². The van der Waals surface area contributed by atoms with Crippen LogP contribution >= 0.6 is 15.9 Å². The Morgan fingerprint density at radius 2 is 2.14 bits per heavy atom. The molecule has 0 saturated heterocycles. The zero-order chi connectivity index (χ0) is 15.8.